The van der Waals surface area contributed by atoms with Crippen molar-refractivity contribution >= 4 is 45.2 Å². The van der Waals surface area contributed by atoms with E-state index in [9.17, 15) is 30.9 Å². The highest BCUT2D eigenvalue weighted by Gasteiger charge is 2.46. The second kappa shape index (κ2) is 14.6. The number of rotatable bonds is 9. The van der Waals surface area contributed by atoms with Gasteiger partial charge in [0.05, 0.1) is 33.9 Å². The van der Waals surface area contributed by atoms with Gasteiger partial charge in [-0.3, -0.25) is 4.90 Å². The van der Waals surface area contributed by atoms with Crippen molar-refractivity contribution in [3.8, 4) is 17.6 Å². The molecule has 0 radical (unpaired) electrons. The molecule has 3 fully saturated rings. The lowest BCUT2D eigenvalue weighted by molar-refractivity contribution is -0.153. The van der Waals surface area contributed by atoms with Crippen LogP contribution in [0.1, 0.15) is 49.0 Å². The monoisotopic (exact) mass is 741 g/mol. The predicted octanol–water partition coefficient (Wildman–Crippen LogP) is 8.49. The fourth-order valence-electron chi connectivity index (χ4n) is 7.30. The summed E-state index contributed by atoms with van der Waals surface area (Å²) < 4.78 is 104. The Hall–Kier alpha value is -2.91. The number of halogens is 6. The highest BCUT2D eigenvalue weighted by atomic mass is 32.1. The van der Waals surface area contributed by atoms with Gasteiger partial charge in [-0.15, -0.1) is 11.3 Å². The highest BCUT2D eigenvalue weighted by molar-refractivity contribution is 7.70. The number of hydrogen-bond acceptors (Lipinski definition) is 7. The third-order valence-electron chi connectivity index (χ3n) is 9.95. The van der Waals surface area contributed by atoms with E-state index in [0.717, 1.165) is 75.2 Å². The quantitative estimate of drug-likeness (QED) is 0.130. The first-order chi connectivity index (χ1) is 23.6. The maximum Gasteiger partial charge on any atom is 0.422 e. The van der Waals surface area contributed by atoms with Crippen LogP contribution in [0.25, 0.3) is 10.1 Å². The smallest absolute Gasteiger partial charge is 0.422 e. The number of nitrogens with one attached hydrogen (secondary N) is 2. The molecule has 2 aromatic carbocycles. The first-order valence-electron chi connectivity index (χ1n) is 16.9. The third-order valence-corrected chi connectivity index (χ3v) is 12.7. The molecular weight excluding hydrogens is 699 g/mol. The molecule has 1 spiro atoms. The van der Waals surface area contributed by atoms with Crippen LogP contribution in [0.4, 0.5) is 37.7 Å². The lowest BCUT2D eigenvalue weighted by Crippen LogP contribution is -2.62. The Kier molecular flexibility index (Phi) is 10.8. The van der Waals surface area contributed by atoms with Gasteiger partial charge in [0.1, 0.15) is 12.9 Å². The molecule has 50 heavy (non-hydrogen) atoms. The molecule has 0 amide bonds. The van der Waals surface area contributed by atoms with Crippen LogP contribution < -0.4 is 20.7 Å². The van der Waals surface area contributed by atoms with Crippen LogP contribution in [-0.4, -0.2) is 82.1 Å². The van der Waals surface area contributed by atoms with Gasteiger partial charge >= 0.3 is 12.4 Å². The van der Waals surface area contributed by atoms with Crippen molar-refractivity contribution in [3.63, 3.8) is 0 Å². The summed E-state index contributed by atoms with van der Waals surface area (Å²) >= 11 is 1.21. The van der Waals surface area contributed by atoms with Gasteiger partial charge in [-0.1, -0.05) is 24.0 Å². The summed E-state index contributed by atoms with van der Waals surface area (Å²) in [6.07, 6.45) is -3.76. The Balaban J connectivity index is 1.15. The van der Waals surface area contributed by atoms with Crippen molar-refractivity contribution in [2.24, 2.45) is 5.41 Å². The van der Waals surface area contributed by atoms with Crippen molar-refractivity contribution in [2.75, 3.05) is 63.4 Å². The van der Waals surface area contributed by atoms with Crippen LogP contribution in [0.2, 0.25) is 0 Å². The summed E-state index contributed by atoms with van der Waals surface area (Å²) in [5.74, 6) is 5.60. The minimum Gasteiger partial charge on any atom is -0.482 e. The van der Waals surface area contributed by atoms with Crippen molar-refractivity contribution in [2.45, 2.75) is 69.4 Å². The molecule has 6 nitrogen and oxygen atoms in total. The Labute approximate surface area is 292 Å². The first kappa shape index (κ1) is 36.9. The van der Waals surface area contributed by atoms with Crippen LogP contribution in [0.3, 0.4) is 0 Å². The number of thiophene rings is 1. The SMILES string of the molecule is CP(C)(=O)c1ccc(NCC#Cc2sc3c(NC4CCC(N5CC6(CCOCC6)C5)CC4)cccc3c2CC(F)(F)F)c(OCC(F)(F)F)c1. The number of fused-ring (bicyclic) bond motifs is 1. The Morgan fingerprint density at radius 2 is 1.72 bits per heavy atom. The molecule has 2 saturated heterocycles. The molecule has 6 rings (SSSR count). The molecule has 3 aliphatic rings. The van der Waals surface area contributed by atoms with Crippen molar-refractivity contribution in [1.82, 2.24) is 4.90 Å². The van der Waals surface area contributed by atoms with E-state index >= 15 is 0 Å². The number of ether oxygens (including phenoxy) is 2. The summed E-state index contributed by atoms with van der Waals surface area (Å²) in [4.78, 5) is 2.91. The molecule has 1 aliphatic carbocycles. The van der Waals surface area contributed by atoms with Crippen molar-refractivity contribution < 1.29 is 40.4 Å². The zero-order chi connectivity index (χ0) is 35.7. The Bertz CT molecular complexity index is 1770. The van der Waals surface area contributed by atoms with E-state index in [2.05, 4.69) is 27.4 Å². The maximum absolute atomic E-state index is 13.8. The molecule has 2 aliphatic heterocycles. The standard InChI is InChI=1S/C36H42F6N3O3PS/c1-49(2,46)26-12-13-29(31(19-26)48-23-36(40,41)42)43-16-4-7-32-28(20-35(37,38)39)27-5-3-6-30(33(27)50-32)44-24-8-10-25(11-9-24)45-21-34(22-45)14-17-47-18-15-34/h3,5-6,12-13,19,24-25,43-44H,8-11,14-18,20-23H2,1-2H3. The van der Waals surface area contributed by atoms with Crippen LogP contribution in [-0.2, 0) is 15.7 Å². The van der Waals surface area contributed by atoms with E-state index in [4.69, 9.17) is 9.47 Å². The van der Waals surface area contributed by atoms with Crippen LogP contribution >= 0.6 is 18.5 Å². The lowest BCUT2D eigenvalue weighted by atomic mass is 9.71. The van der Waals surface area contributed by atoms with E-state index in [0.29, 0.717) is 27.0 Å². The van der Waals surface area contributed by atoms with E-state index in [1.54, 1.807) is 18.2 Å². The molecule has 3 heterocycles. The van der Waals surface area contributed by atoms with Gasteiger partial charge in [0.25, 0.3) is 0 Å². The molecule has 1 saturated carbocycles. The number of benzene rings is 2. The second-order valence-corrected chi connectivity index (χ2v) is 18.4. The number of nitrogens with zero attached hydrogens (tertiary/aromatic N) is 1. The topological polar surface area (TPSA) is 62.8 Å². The lowest BCUT2D eigenvalue weighted by Gasteiger charge is -2.56. The van der Waals surface area contributed by atoms with Gasteiger partial charge < -0.3 is 24.7 Å². The summed E-state index contributed by atoms with van der Waals surface area (Å²) in [7, 11) is -2.78. The van der Waals surface area contributed by atoms with Gasteiger partial charge in [0, 0.05) is 49.1 Å². The normalized spacial score (nSPS) is 21.4. The summed E-state index contributed by atoms with van der Waals surface area (Å²) in [5.41, 5.74) is 1.54. The van der Waals surface area contributed by atoms with Crippen LogP contribution in [0, 0.1) is 17.3 Å². The number of anilines is 2. The van der Waals surface area contributed by atoms with Gasteiger partial charge in [0.15, 0.2) is 6.61 Å². The molecule has 1 aromatic heterocycles. The van der Waals surface area contributed by atoms with Gasteiger partial charge in [0.2, 0.25) is 0 Å². The van der Waals surface area contributed by atoms with Crippen molar-refractivity contribution in [3.05, 3.63) is 46.8 Å². The Morgan fingerprint density at radius 3 is 2.38 bits per heavy atom. The maximum atomic E-state index is 13.8. The average molecular weight is 742 g/mol. The number of hydrogen-bond donors (Lipinski definition) is 2. The molecule has 0 atom stereocenters. The molecule has 3 aromatic rings. The molecule has 272 valence electrons. The fraction of sp³-hybridized carbons (Fsp3) is 0.556. The highest BCUT2D eigenvalue weighted by Crippen LogP contribution is 2.44. The van der Waals surface area contributed by atoms with E-state index in [1.807, 2.05) is 6.07 Å². The largest absolute Gasteiger partial charge is 0.482 e. The van der Waals surface area contributed by atoms with E-state index in [1.165, 1.54) is 36.8 Å². The second-order valence-electron chi connectivity index (χ2n) is 14.1. The molecule has 0 unspecified atom stereocenters. The van der Waals surface area contributed by atoms with Crippen LogP contribution in [0.5, 0.6) is 5.75 Å². The summed E-state index contributed by atoms with van der Waals surface area (Å²) in [5, 5.41) is 7.40. The van der Waals surface area contributed by atoms with Gasteiger partial charge in [-0.05, 0) is 87.1 Å². The number of alkyl halides is 6. The van der Waals surface area contributed by atoms with Crippen LogP contribution in [0.15, 0.2) is 36.4 Å². The molecule has 0 bridgehead atoms. The number of likely N-dealkylation sites (tertiary alicyclic amines) is 1. The molecule has 2 N–H and O–H groups in total. The van der Waals surface area contributed by atoms with Crippen molar-refractivity contribution in [1.29, 1.82) is 0 Å². The summed E-state index contributed by atoms with van der Waals surface area (Å²) in [6, 6.07) is 10.5. The zero-order valence-electron chi connectivity index (χ0n) is 28.1. The first-order valence-corrected chi connectivity index (χ1v) is 20.3. The fourth-order valence-corrected chi connectivity index (χ4v) is 9.33. The minimum absolute atomic E-state index is 0.0718. The van der Waals surface area contributed by atoms with Gasteiger partial charge in [-0.25, -0.2) is 0 Å². The molecular formula is C36H42F6N3O3PS. The zero-order valence-corrected chi connectivity index (χ0v) is 29.8. The third kappa shape index (κ3) is 9.11. The minimum atomic E-state index is -4.58. The van der Waals surface area contributed by atoms with E-state index < -0.39 is 32.5 Å². The molecule has 14 heteroatoms. The van der Waals surface area contributed by atoms with E-state index in [-0.39, 0.29) is 29.6 Å². The average Bonchev–Trinajstić information content (AvgIpc) is 3.37. The summed E-state index contributed by atoms with van der Waals surface area (Å²) in [6.45, 7) is 5.40. The Morgan fingerprint density at radius 1 is 1.00 bits per heavy atom. The predicted molar refractivity (Wildman–Crippen MR) is 188 cm³/mol. The van der Waals surface area contributed by atoms with Gasteiger partial charge in [-0.2, -0.15) is 26.3 Å².